The fourth-order valence-electron chi connectivity index (χ4n) is 7.48. The van der Waals surface area contributed by atoms with Gasteiger partial charge < -0.3 is 9.84 Å². The van der Waals surface area contributed by atoms with Crippen molar-refractivity contribution in [3.8, 4) is 5.75 Å². The molecule has 0 heterocycles. The predicted molar refractivity (Wildman–Crippen MR) is 95.7 cm³/mol. The third-order valence-electron chi connectivity index (χ3n) is 8.60. The van der Waals surface area contributed by atoms with E-state index >= 15 is 0 Å². The Morgan fingerprint density at radius 1 is 1.16 bits per heavy atom. The van der Waals surface area contributed by atoms with Crippen molar-refractivity contribution in [1.82, 2.24) is 0 Å². The molecule has 4 aliphatic carbocycles. The molecule has 1 aromatic carbocycles. The maximum absolute atomic E-state index is 13.0. The Kier molecular flexibility index (Phi) is 3.23. The van der Waals surface area contributed by atoms with E-state index in [-0.39, 0.29) is 22.9 Å². The van der Waals surface area contributed by atoms with Gasteiger partial charge in [-0.2, -0.15) is 0 Å². The van der Waals surface area contributed by atoms with Crippen LogP contribution in [0.15, 0.2) is 18.2 Å². The van der Waals surface area contributed by atoms with Crippen molar-refractivity contribution < 1.29 is 14.6 Å². The third kappa shape index (κ3) is 1.78. The van der Waals surface area contributed by atoms with Gasteiger partial charge in [0, 0.05) is 11.8 Å². The lowest BCUT2D eigenvalue weighted by Gasteiger charge is -2.57. The van der Waals surface area contributed by atoms with Gasteiger partial charge in [-0.05, 0) is 85.0 Å². The van der Waals surface area contributed by atoms with E-state index in [9.17, 15) is 9.90 Å². The standard InChI is InChI=1S/C22H28O3/c1-21-9-7-16-15-5-4-14(25-2)11-13(15)3-6-17(16)22(21)10-8-19(23)18(22)12-20(21)24/h4-5,11,16-19,23H,3,6-10,12H2,1-2H3/t16-,17-,18+,19+,21-,22+/m1/s1. The van der Waals surface area contributed by atoms with E-state index < -0.39 is 0 Å². The number of hydrogen-bond donors (Lipinski definition) is 1. The summed E-state index contributed by atoms with van der Waals surface area (Å²) in [6.07, 6.45) is 6.57. The summed E-state index contributed by atoms with van der Waals surface area (Å²) < 4.78 is 5.42. The van der Waals surface area contributed by atoms with Gasteiger partial charge in [-0.15, -0.1) is 0 Å². The second kappa shape index (κ2) is 5.09. The fraction of sp³-hybridized carbons (Fsp3) is 0.682. The molecule has 3 heteroatoms. The molecule has 134 valence electrons. The Morgan fingerprint density at radius 2 is 2.00 bits per heavy atom. The largest absolute Gasteiger partial charge is 0.497 e. The Labute approximate surface area is 149 Å². The van der Waals surface area contributed by atoms with Gasteiger partial charge in [0.2, 0.25) is 0 Å². The zero-order chi connectivity index (χ0) is 17.4. The number of ether oxygens (including phenoxy) is 1. The average molecular weight is 340 g/mol. The molecular weight excluding hydrogens is 312 g/mol. The first-order valence-electron chi connectivity index (χ1n) is 9.89. The lowest BCUT2D eigenvalue weighted by molar-refractivity contribution is -0.137. The van der Waals surface area contributed by atoms with Crippen molar-refractivity contribution in [3.63, 3.8) is 0 Å². The van der Waals surface area contributed by atoms with E-state index in [2.05, 4.69) is 25.1 Å². The zero-order valence-corrected chi connectivity index (χ0v) is 15.3. The molecule has 4 aliphatic rings. The lowest BCUT2D eigenvalue weighted by atomic mass is 9.46. The molecule has 3 saturated carbocycles. The molecular formula is C22H28O3. The van der Waals surface area contributed by atoms with Gasteiger partial charge in [-0.25, -0.2) is 0 Å². The summed E-state index contributed by atoms with van der Waals surface area (Å²) in [5, 5.41) is 10.7. The molecule has 5 rings (SSSR count). The van der Waals surface area contributed by atoms with Gasteiger partial charge in [0.15, 0.2) is 0 Å². The van der Waals surface area contributed by atoms with Crippen molar-refractivity contribution >= 4 is 5.78 Å². The topological polar surface area (TPSA) is 46.5 Å². The van der Waals surface area contributed by atoms with Crippen LogP contribution in [0, 0.1) is 22.7 Å². The van der Waals surface area contributed by atoms with Crippen LogP contribution in [0.4, 0.5) is 0 Å². The molecule has 0 saturated heterocycles. The van der Waals surface area contributed by atoms with Gasteiger partial charge in [0.05, 0.1) is 13.2 Å². The SMILES string of the molecule is COc1ccc2c(c1)CC[C@@H]1[C@@H]2CC[C@]2(C)C(=O)C[C@H]3[C@@H](O)CC[C@]132. The smallest absolute Gasteiger partial charge is 0.139 e. The van der Waals surface area contributed by atoms with Crippen LogP contribution in [0.5, 0.6) is 5.75 Å². The number of carbonyl (C=O) groups excluding carboxylic acids is 1. The van der Waals surface area contributed by atoms with E-state index in [0.29, 0.717) is 24.0 Å². The zero-order valence-electron chi connectivity index (χ0n) is 15.3. The first-order valence-corrected chi connectivity index (χ1v) is 9.89. The number of aryl methyl sites for hydroxylation is 1. The van der Waals surface area contributed by atoms with Crippen molar-refractivity contribution in [2.45, 2.75) is 63.9 Å². The number of methoxy groups -OCH3 is 1. The minimum absolute atomic E-state index is 0.0318. The van der Waals surface area contributed by atoms with E-state index in [0.717, 1.165) is 44.3 Å². The highest BCUT2D eigenvalue weighted by Gasteiger charge is 2.71. The number of Topliss-reactive ketones (excluding diaryl/α,β-unsaturated/α-hetero) is 1. The minimum Gasteiger partial charge on any atom is -0.497 e. The molecule has 25 heavy (non-hydrogen) atoms. The monoisotopic (exact) mass is 340 g/mol. The van der Waals surface area contributed by atoms with Crippen molar-refractivity contribution in [3.05, 3.63) is 29.3 Å². The molecule has 0 unspecified atom stereocenters. The van der Waals surface area contributed by atoms with E-state index in [1.54, 1.807) is 7.11 Å². The lowest BCUT2D eigenvalue weighted by Crippen LogP contribution is -2.53. The number of ketones is 1. The number of rotatable bonds is 1. The van der Waals surface area contributed by atoms with Crippen LogP contribution >= 0.6 is 0 Å². The summed E-state index contributed by atoms with van der Waals surface area (Å²) >= 11 is 0. The Hall–Kier alpha value is -1.35. The van der Waals surface area contributed by atoms with Crippen LogP contribution in [-0.4, -0.2) is 24.1 Å². The number of hydrogen-bond acceptors (Lipinski definition) is 3. The molecule has 1 aromatic rings. The van der Waals surface area contributed by atoms with Crippen LogP contribution < -0.4 is 4.74 Å². The Balaban J connectivity index is 1.62. The molecule has 0 radical (unpaired) electrons. The Bertz CT molecular complexity index is 741. The minimum atomic E-state index is -0.276. The van der Waals surface area contributed by atoms with Crippen molar-refractivity contribution in [1.29, 1.82) is 0 Å². The maximum Gasteiger partial charge on any atom is 0.139 e. The summed E-state index contributed by atoms with van der Waals surface area (Å²) in [5.74, 6) is 2.65. The van der Waals surface area contributed by atoms with E-state index in [1.165, 1.54) is 11.1 Å². The van der Waals surface area contributed by atoms with Crippen LogP contribution in [0.2, 0.25) is 0 Å². The van der Waals surface area contributed by atoms with Crippen LogP contribution in [-0.2, 0) is 11.2 Å². The first kappa shape index (κ1) is 15.9. The summed E-state index contributed by atoms with van der Waals surface area (Å²) in [7, 11) is 1.73. The molecule has 3 fully saturated rings. The second-order valence-corrected chi connectivity index (χ2v) is 9.07. The van der Waals surface area contributed by atoms with Crippen LogP contribution in [0.3, 0.4) is 0 Å². The van der Waals surface area contributed by atoms with Gasteiger partial charge in [-0.3, -0.25) is 4.79 Å². The highest BCUT2D eigenvalue weighted by atomic mass is 16.5. The quantitative estimate of drug-likeness (QED) is 0.844. The molecule has 3 nitrogen and oxygen atoms in total. The van der Waals surface area contributed by atoms with Crippen molar-refractivity contribution in [2.75, 3.05) is 7.11 Å². The number of benzene rings is 1. The summed E-state index contributed by atoms with van der Waals surface area (Å²) in [4.78, 5) is 13.0. The fourth-order valence-corrected chi connectivity index (χ4v) is 7.48. The number of aliphatic hydroxyl groups is 1. The van der Waals surface area contributed by atoms with E-state index in [4.69, 9.17) is 4.74 Å². The number of aliphatic hydroxyl groups excluding tert-OH is 1. The molecule has 0 bridgehead atoms. The molecule has 6 atom stereocenters. The normalized spacial score (nSPS) is 44.7. The molecule has 0 aromatic heterocycles. The van der Waals surface area contributed by atoms with Crippen molar-refractivity contribution in [2.24, 2.45) is 22.7 Å². The average Bonchev–Trinajstić information content (AvgIpc) is 3.07. The highest BCUT2D eigenvalue weighted by Crippen LogP contribution is 2.73. The molecule has 0 aliphatic heterocycles. The van der Waals surface area contributed by atoms with Gasteiger partial charge in [0.1, 0.15) is 11.5 Å². The third-order valence-corrected chi connectivity index (χ3v) is 8.60. The first-order chi connectivity index (χ1) is 12.0. The summed E-state index contributed by atoms with van der Waals surface area (Å²) in [6.45, 7) is 2.23. The highest BCUT2D eigenvalue weighted by molar-refractivity contribution is 5.89. The maximum atomic E-state index is 13.0. The number of carbonyl (C=O) groups is 1. The van der Waals surface area contributed by atoms with Gasteiger partial charge in [0.25, 0.3) is 0 Å². The van der Waals surface area contributed by atoms with Gasteiger partial charge >= 0.3 is 0 Å². The summed E-state index contributed by atoms with van der Waals surface area (Å²) in [5.41, 5.74) is 2.73. The number of fused-ring (bicyclic) bond motifs is 3. The van der Waals surface area contributed by atoms with E-state index in [1.807, 2.05) is 0 Å². The summed E-state index contributed by atoms with van der Waals surface area (Å²) in [6, 6.07) is 6.56. The molecule has 1 spiro atoms. The molecule has 0 amide bonds. The predicted octanol–water partition coefficient (Wildman–Crippen LogP) is 3.87. The van der Waals surface area contributed by atoms with Crippen LogP contribution in [0.25, 0.3) is 0 Å². The molecule has 1 N–H and O–H groups in total. The second-order valence-electron chi connectivity index (χ2n) is 9.07. The Morgan fingerprint density at radius 3 is 2.80 bits per heavy atom. The van der Waals surface area contributed by atoms with Gasteiger partial charge in [-0.1, -0.05) is 13.0 Å². The van der Waals surface area contributed by atoms with Crippen LogP contribution in [0.1, 0.15) is 62.5 Å².